The van der Waals surface area contributed by atoms with Crippen LogP contribution in [0, 0.1) is 35.2 Å². The van der Waals surface area contributed by atoms with Gasteiger partial charge in [-0.1, -0.05) is 0 Å². The van der Waals surface area contributed by atoms with Gasteiger partial charge in [0, 0.05) is 44.0 Å². The summed E-state index contributed by atoms with van der Waals surface area (Å²) in [5.74, 6) is -0.715. The Balaban J connectivity index is 1.19. The fraction of sp³-hybridized carbons (Fsp3) is 0.565. The van der Waals surface area contributed by atoms with Gasteiger partial charge in [-0.15, -0.1) is 10.2 Å². The monoisotopic (exact) mass is 456 g/mol. The van der Waals surface area contributed by atoms with Crippen LogP contribution in [-0.4, -0.2) is 68.5 Å². The molecule has 2 aromatic rings. The number of ether oxygens (including phenoxy) is 1. The van der Waals surface area contributed by atoms with E-state index in [1.165, 1.54) is 6.42 Å². The molecule has 174 valence electrons. The van der Waals surface area contributed by atoms with E-state index in [9.17, 15) is 13.2 Å². The smallest absolute Gasteiger partial charge is 0.168 e. The van der Waals surface area contributed by atoms with Crippen molar-refractivity contribution in [1.29, 1.82) is 0 Å². The molecule has 1 aromatic carbocycles. The summed E-state index contributed by atoms with van der Waals surface area (Å²) in [6.07, 6.45) is 4.54. The van der Waals surface area contributed by atoms with Crippen LogP contribution in [0.1, 0.15) is 25.7 Å². The van der Waals surface area contributed by atoms with Crippen LogP contribution in [0.3, 0.4) is 0 Å². The molecule has 3 fully saturated rings. The molecular weight excluding hydrogens is 427 g/mol. The average Bonchev–Trinajstić information content (AvgIpc) is 3.37. The van der Waals surface area contributed by atoms with Crippen molar-refractivity contribution >= 4 is 21.5 Å². The lowest BCUT2D eigenvalue weighted by Crippen LogP contribution is -2.56. The van der Waals surface area contributed by atoms with E-state index in [2.05, 4.69) is 36.1 Å². The van der Waals surface area contributed by atoms with E-state index in [0.29, 0.717) is 35.7 Å². The highest BCUT2D eigenvalue weighted by molar-refractivity contribution is 6.40. The van der Waals surface area contributed by atoms with Crippen molar-refractivity contribution in [1.82, 2.24) is 15.1 Å². The fourth-order valence-electron chi connectivity index (χ4n) is 5.95. The fourth-order valence-corrected chi connectivity index (χ4v) is 5.95. The highest BCUT2D eigenvalue weighted by Crippen LogP contribution is 2.42. The van der Waals surface area contributed by atoms with Crippen molar-refractivity contribution in [3.8, 4) is 11.3 Å². The molecule has 0 bridgehead atoms. The number of likely N-dealkylation sites (tertiary alicyclic amines) is 1. The van der Waals surface area contributed by atoms with Gasteiger partial charge >= 0.3 is 0 Å². The van der Waals surface area contributed by atoms with Gasteiger partial charge in [-0.05, 0) is 67.0 Å². The van der Waals surface area contributed by atoms with Gasteiger partial charge in [0.15, 0.2) is 11.6 Å². The first-order valence-corrected chi connectivity index (χ1v) is 11.9. The molecule has 0 spiro atoms. The zero-order valence-corrected chi connectivity index (χ0v) is 19.2. The van der Waals surface area contributed by atoms with Crippen LogP contribution in [-0.2, 0) is 4.74 Å². The third kappa shape index (κ3) is 4.52. The minimum atomic E-state index is -1.24. The number of anilines is 1. The molecule has 1 aliphatic carbocycles. The number of rotatable bonds is 5. The lowest BCUT2D eigenvalue weighted by molar-refractivity contribution is 0.0213. The SMILES string of the molecule is BC(B)(C1CCCOC1)N1C[C@H]2C[C@H](Nc3ccc(-c4cc(F)cc(F)c4F)nn3)C[C@H]2C1. The average molecular weight is 456 g/mol. The third-order valence-electron chi connectivity index (χ3n) is 8.01. The molecule has 1 saturated carbocycles. The van der Waals surface area contributed by atoms with Gasteiger partial charge in [0.25, 0.3) is 0 Å². The van der Waals surface area contributed by atoms with E-state index in [4.69, 9.17) is 4.74 Å². The Labute approximate surface area is 194 Å². The lowest BCUT2D eigenvalue weighted by Gasteiger charge is -2.44. The van der Waals surface area contributed by atoms with E-state index in [0.717, 1.165) is 51.6 Å². The van der Waals surface area contributed by atoms with Crippen LogP contribution in [0.5, 0.6) is 0 Å². The predicted octanol–water partition coefficient (Wildman–Crippen LogP) is 2.03. The standard InChI is InChI=1S/C23H29B2F3N4O/c24-23(25,15-2-1-5-33-12-15)32-10-13-6-17(7-14(13)11-32)29-21-4-3-20(30-31-21)18-8-16(26)9-19(27)22(18)28/h3-4,8-9,13-15,17H,1-2,5-7,10-12,24-25H2,(H,29,31)/t13-,14+,15?,17+. The molecule has 2 saturated heterocycles. The Kier molecular flexibility index (Phi) is 6.16. The van der Waals surface area contributed by atoms with Crippen molar-refractivity contribution in [3.05, 3.63) is 41.7 Å². The van der Waals surface area contributed by atoms with Crippen LogP contribution in [0.25, 0.3) is 11.3 Å². The van der Waals surface area contributed by atoms with Gasteiger partial charge in [0.05, 0.1) is 5.69 Å². The molecule has 5 rings (SSSR count). The van der Waals surface area contributed by atoms with Crippen molar-refractivity contribution < 1.29 is 17.9 Å². The summed E-state index contributed by atoms with van der Waals surface area (Å²) in [5.41, 5.74) is -0.127. The van der Waals surface area contributed by atoms with E-state index >= 15 is 0 Å². The number of aromatic nitrogens is 2. The topological polar surface area (TPSA) is 50.3 Å². The van der Waals surface area contributed by atoms with E-state index in [1.54, 1.807) is 12.1 Å². The normalized spacial score (nSPS) is 28.1. The summed E-state index contributed by atoms with van der Waals surface area (Å²) in [5, 5.41) is 11.7. The number of nitrogens with one attached hydrogen (secondary N) is 1. The minimum absolute atomic E-state index is 0.101. The number of halogens is 3. The summed E-state index contributed by atoms with van der Waals surface area (Å²) < 4.78 is 46.8. The second-order valence-electron chi connectivity index (χ2n) is 10.4. The van der Waals surface area contributed by atoms with Crippen LogP contribution in [0.15, 0.2) is 24.3 Å². The van der Waals surface area contributed by atoms with Crippen molar-refractivity contribution in [2.24, 2.45) is 17.8 Å². The number of benzene rings is 1. The maximum Gasteiger partial charge on any atom is 0.168 e. The largest absolute Gasteiger partial charge is 0.381 e. The Morgan fingerprint density at radius 3 is 2.45 bits per heavy atom. The summed E-state index contributed by atoms with van der Waals surface area (Å²) in [6.45, 7) is 3.98. The first-order chi connectivity index (χ1) is 15.8. The van der Waals surface area contributed by atoms with Gasteiger partial charge in [0.2, 0.25) is 0 Å². The van der Waals surface area contributed by atoms with Crippen molar-refractivity contribution in [3.63, 3.8) is 0 Å². The van der Waals surface area contributed by atoms with Crippen LogP contribution in [0.2, 0.25) is 0 Å². The first kappa shape index (κ1) is 22.7. The first-order valence-electron chi connectivity index (χ1n) is 11.9. The molecule has 1 aromatic heterocycles. The number of nitrogens with zero attached hydrogens (tertiary/aromatic N) is 3. The Bertz CT molecular complexity index is 990. The summed E-state index contributed by atoms with van der Waals surface area (Å²) in [6, 6.07) is 4.99. The molecular formula is C23H29B2F3N4O. The molecule has 10 heteroatoms. The van der Waals surface area contributed by atoms with E-state index in [1.807, 2.05) is 0 Å². The van der Waals surface area contributed by atoms with E-state index in [-0.39, 0.29) is 16.6 Å². The molecule has 4 atom stereocenters. The zero-order valence-electron chi connectivity index (χ0n) is 19.2. The predicted molar refractivity (Wildman–Crippen MR) is 126 cm³/mol. The summed E-state index contributed by atoms with van der Waals surface area (Å²) in [4.78, 5) is 2.67. The third-order valence-corrected chi connectivity index (χ3v) is 8.01. The molecule has 0 radical (unpaired) electrons. The number of hydrogen-bond acceptors (Lipinski definition) is 5. The molecule has 3 heterocycles. The molecule has 1 N–H and O–H groups in total. The molecule has 3 aliphatic rings. The highest BCUT2D eigenvalue weighted by Gasteiger charge is 2.47. The van der Waals surface area contributed by atoms with E-state index < -0.39 is 17.5 Å². The molecule has 33 heavy (non-hydrogen) atoms. The van der Waals surface area contributed by atoms with Gasteiger partial charge in [-0.25, -0.2) is 13.2 Å². The van der Waals surface area contributed by atoms with Crippen LogP contribution >= 0.6 is 0 Å². The second kappa shape index (κ2) is 8.95. The zero-order chi connectivity index (χ0) is 23.2. The molecule has 1 unspecified atom stereocenters. The van der Waals surface area contributed by atoms with Gasteiger partial charge in [0.1, 0.15) is 27.3 Å². The Hall–Kier alpha value is -2.06. The van der Waals surface area contributed by atoms with Gasteiger partial charge < -0.3 is 15.0 Å². The van der Waals surface area contributed by atoms with Crippen molar-refractivity contribution in [2.45, 2.75) is 37.1 Å². The number of hydrogen-bond donors (Lipinski definition) is 1. The Morgan fingerprint density at radius 1 is 1.06 bits per heavy atom. The second-order valence-corrected chi connectivity index (χ2v) is 10.4. The van der Waals surface area contributed by atoms with Gasteiger partial charge in [-0.2, -0.15) is 0 Å². The molecule has 2 aliphatic heterocycles. The minimum Gasteiger partial charge on any atom is -0.381 e. The summed E-state index contributed by atoms with van der Waals surface area (Å²) >= 11 is 0. The maximum atomic E-state index is 14.0. The molecule has 0 amide bonds. The quantitative estimate of drug-likeness (QED) is 0.552. The van der Waals surface area contributed by atoms with Crippen LogP contribution < -0.4 is 5.32 Å². The van der Waals surface area contributed by atoms with Crippen LogP contribution in [0.4, 0.5) is 19.0 Å². The van der Waals surface area contributed by atoms with Crippen molar-refractivity contribution in [2.75, 3.05) is 31.6 Å². The molecule has 5 nitrogen and oxygen atoms in total. The lowest BCUT2D eigenvalue weighted by atomic mass is 9.53. The highest BCUT2D eigenvalue weighted by atomic mass is 19.2. The number of fused-ring (bicyclic) bond motifs is 1. The Morgan fingerprint density at radius 2 is 1.82 bits per heavy atom. The van der Waals surface area contributed by atoms with Gasteiger partial charge in [-0.3, -0.25) is 0 Å². The maximum absolute atomic E-state index is 14.0. The summed E-state index contributed by atoms with van der Waals surface area (Å²) in [7, 11) is 4.74.